The zero-order chi connectivity index (χ0) is 14.2. The van der Waals surface area contributed by atoms with E-state index in [0.717, 1.165) is 5.56 Å². The third kappa shape index (κ3) is 2.72. The molecule has 19 heavy (non-hydrogen) atoms. The highest BCUT2D eigenvalue weighted by Gasteiger charge is 2.24. The highest BCUT2D eigenvalue weighted by Crippen LogP contribution is 2.37. The van der Waals surface area contributed by atoms with Crippen LogP contribution < -0.4 is 0 Å². The number of rotatable bonds is 2. The maximum atomic E-state index is 13.6. The molecular formula is C13H7ClF4S. The van der Waals surface area contributed by atoms with Crippen molar-refractivity contribution in [3.63, 3.8) is 0 Å². The zero-order valence-corrected chi connectivity index (χ0v) is 11.2. The molecule has 2 aromatic carbocycles. The van der Waals surface area contributed by atoms with Crippen molar-refractivity contribution >= 4 is 23.4 Å². The van der Waals surface area contributed by atoms with Gasteiger partial charge in [0.15, 0.2) is 23.3 Å². The van der Waals surface area contributed by atoms with Crippen LogP contribution in [0.1, 0.15) is 5.56 Å². The van der Waals surface area contributed by atoms with Crippen molar-refractivity contribution in [2.45, 2.75) is 16.7 Å². The second kappa shape index (κ2) is 5.43. The SMILES string of the molecule is Cc1ccc(Sc2c(F)c(F)c(Cl)c(F)c2F)cc1. The zero-order valence-electron chi connectivity index (χ0n) is 9.61. The summed E-state index contributed by atoms with van der Waals surface area (Å²) in [4.78, 5) is -0.284. The summed E-state index contributed by atoms with van der Waals surface area (Å²) in [7, 11) is 0. The first-order valence-corrected chi connectivity index (χ1v) is 6.37. The lowest BCUT2D eigenvalue weighted by Gasteiger charge is -2.08. The fraction of sp³-hybridized carbons (Fsp3) is 0.0769. The molecule has 0 N–H and O–H groups in total. The molecular weight excluding hydrogens is 300 g/mol. The van der Waals surface area contributed by atoms with Crippen molar-refractivity contribution in [1.82, 2.24) is 0 Å². The van der Waals surface area contributed by atoms with Gasteiger partial charge in [0.2, 0.25) is 0 Å². The topological polar surface area (TPSA) is 0 Å². The van der Waals surface area contributed by atoms with Gasteiger partial charge in [-0.2, -0.15) is 0 Å². The van der Waals surface area contributed by atoms with Gasteiger partial charge in [-0.05, 0) is 19.1 Å². The van der Waals surface area contributed by atoms with Gasteiger partial charge < -0.3 is 0 Å². The second-order valence-corrected chi connectivity index (χ2v) is 5.28. The van der Waals surface area contributed by atoms with Crippen LogP contribution in [0.5, 0.6) is 0 Å². The minimum absolute atomic E-state index is 0.463. The van der Waals surface area contributed by atoms with Crippen molar-refractivity contribution in [1.29, 1.82) is 0 Å². The van der Waals surface area contributed by atoms with Gasteiger partial charge in [0.1, 0.15) is 5.02 Å². The molecule has 0 spiro atoms. The first kappa shape index (κ1) is 14.2. The van der Waals surface area contributed by atoms with Gasteiger partial charge >= 0.3 is 0 Å². The lowest BCUT2D eigenvalue weighted by atomic mass is 10.2. The molecule has 0 saturated carbocycles. The number of aryl methyl sites for hydroxylation is 1. The molecule has 2 rings (SSSR count). The third-order valence-corrected chi connectivity index (χ3v) is 3.81. The van der Waals surface area contributed by atoms with Crippen LogP contribution >= 0.6 is 23.4 Å². The number of benzene rings is 2. The van der Waals surface area contributed by atoms with Crippen LogP contribution in [0.4, 0.5) is 17.6 Å². The van der Waals surface area contributed by atoms with E-state index in [-0.39, 0.29) is 0 Å². The van der Waals surface area contributed by atoms with Gasteiger partial charge in [-0.25, -0.2) is 17.6 Å². The lowest BCUT2D eigenvalue weighted by molar-refractivity contribution is 0.426. The third-order valence-electron chi connectivity index (χ3n) is 2.41. The van der Waals surface area contributed by atoms with Crippen LogP contribution in [-0.4, -0.2) is 0 Å². The summed E-state index contributed by atoms with van der Waals surface area (Å²) in [5, 5.41) is -1.18. The van der Waals surface area contributed by atoms with E-state index in [1.54, 1.807) is 24.3 Å². The molecule has 2 aromatic rings. The maximum Gasteiger partial charge on any atom is 0.181 e. The van der Waals surface area contributed by atoms with Gasteiger partial charge in [0.05, 0.1) is 4.90 Å². The molecule has 0 aliphatic heterocycles. The fourth-order valence-electron chi connectivity index (χ4n) is 1.40. The predicted octanol–water partition coefficient (Wildman–Crippen LogP) is 5.36. The van der Waals surface area contributed by atoms with Crippen molar-refractivity contribution in [3.05, 3.63) is 58.1 Å². The molecule has 0 heterocycles. The molecule has 0 fully saturated rings. The Morgan fingerprint density at radius 2 is 1.32 bits per heavy atom. The van der Waals surface area contributed by atoms with Gasteiger partial charge in [0, 0.05) is 4.90 Å². The summed E-state index contributed by atoms with van der Waals surface area (Å²) in [6.45, 7) is 1.84. The Kier molecular flexibility index (Phi) is 4.06. The van der Waals surface area contributed by atoms with E-state index in [9.17, 15) is 17.6 Å². The van der Waals surface area contributed by atoms with Crippen LogP contribution in [0, 0.1) is 30.2 Å². The average Bonchev–Trinajstić information content (AvgIpc) is 2.41. The first-order chi connectivity index (χ1) is 8.91. The summed E-state index contributed by atoms with van der Waals surface area (Å²) in [5.74, 6) is -6.16. The molecule has 0 atom stereocenters. The van der Waals surface area contributed by atoms with Gasteiger partial charge in [-0.3, -0.25) is 0 Å². The molecule has 0 aliphatic carbocycles. The van der Waals surface area contributed by atoms with Crippen molar-refractivity contribution in [3.8, 4) is 0 Å². The molecule has 0 radical (unpaired) electrons. The molecule has 0 saturated heterocycles. The first-order valence-electron chi connectivity index (χ1n) is 5.17. The van der Waals surface area contributed by atoms with Crippen LogP contribution in [0.2, 0.25) is 5.02 Å². The Bertz CT molecular complexity index is 597. The highest BCUT2D eigenvalue weighted by molar-refractivity contribution is 7.99. The molecule has 0 amide bonds. The molecule has 0 aliphatic rings. The lowest BCUT2D eigenvalue weighted by Crippen LogP contribution is -1.99. The Morgan fingerprint density at radius 1 is 0.842 bits per heavy atom. The van der Waals surface area contributed by atoms with E-state index in [0.29, 0.717) is 16.7 Å². The van der Waals surface area contributed by atoms with Crippen LogP contribution in [0.3, 0.4) is 0 Å². The normalized spacial score (nSPS) is 10.8. The molecule has 0 bridgehead atoms. The number of halogens is 5. The summed E-state index contributed by atoms with van der Waals surface area (Å²) in [6.07, 6.45) is 0. The van der Waals surface area contributed by atoms with Crippen molar-refractivity contribution in [2.75, 3.05) is 0 Å². The summed E-state index contributed by atoms with van der Waals surface area (Å²) >= 11 is 5.74. The fourth-order valence-corrected chi connectivity index (χ4v) is 2.43. The largest absolute Gasteiger partial charge is 0.202 e. The molecule has 0 aromatic heterocycles. The van der Waals surface area contributed by atoms with Crippen LogP contribution in [-0.2, 0) is 0 Å². The molecule has 6 heteroatoms. The van der Waals surface area contributed by atoms with E-state index in [1.807, 2.05) is 6.92 Å². The Balaban J connectivity index is 2.48. The predicted molar refractivity (Wildman–Crippen MR) is 66.6 cm³/mol. The van der Waals surface area contributed by atoms with E-state index in [1.165, 1.54) is 0 Å². The van der Waals surface area contributed by atoms with Gasteiger partial charge in [-0.1, -0.05) is 41.1 Å². The average molecular weight is 307 g/mol. The highest BCUT2D eigenvalue weighted by atomic mass is 35.5. The summed E-state index contributed by atoms with van der Waals surface area (Å²) in [5.41, 5.74) is 0.957. The quantitative estimate of drug-likeness (QED) is 0.409. The minimum Gasteiger partial charge on any atom is -0.202 e. The van der Waals surface area contributed by atoms with Gasteiger partial charge in [0.25, 0.3) is 0 Å². The van der Waals surface area contributed by atoms with E-state index in [4.69, 9.17) is 11.6 Å². The number of hydrogen-bond acceptors (Lipinski definition) is 1. The summed E-state index contributed by atoms with van der Waals surface area (Å²) < 4.78 is 53.7. The van der Waals surface area contributed by atoms with Crippen LogP contribution in [0.15, 0.2) is 34.1 Å². The minimum atomic E-state index is -1.59. The van der Waals surface area contributed by atoms with E-state index < -0.39 is 33.2 Å². The molecule has 100 valence electrons. The monoisotopic (exact) mass is 306 g/mol. The Hall–Kier alpha value is -1.20. The van der Waals surface area contributed by atoms with E-state index >= 15 is 0 Å². The standard InChI is InChI=1S/C13H7ClF4S/c1-6-2-4-7(5-3-6)19-13-11(17)9(15)8(14)10(16)12(13)18/h2-5H,1H3. The van der Waals surface area contributed by atoms with Crippen molar-refractivity contribution < 1.29 is 17.6 Å². The summed E-state index contributed by atoms with van der Waals surface area (Å²) in [6, 6.07) is 6.65. The smallest absolute Gasteiger partial charge is 0.181 e. The Labute approximate surface area is 116 Å². The van der Waals surface area contributed by atoms with E-state index in [2.05, 4.69) is 0 Å². The van der Waals surface area contributed by atoms with Gasteiger partial charge in [-0.15, -0.1) is 0 Å². The molecule has 0 unspecified atom stereocenters. The van der Waals surface area contributed by atoms with Crippen molar-refractivity contribution in [2.24, 2.45) is 0 Å². The second-order valence-electron chi connectivity index (χ2n) is 3.81. The van der Waals surface area contributed by atoms with Crippen LogP contribution in [0.25, 0.3) is 0 Å². The number of hydrogen-bond donors (Lipinski definition) is 0. The molecule has 0 nitrogen and oxygen atoms in total. The maximum absolute atomic E-state index is 13.6. The Morgan fingerprint density at radius 3 is 1.79 bits per heavy atom.